The molecule has 0 fully saturated rings. The topological polar surface area (TPSA) is 43.1 Å². The largest absolute Gasteiger partial charge is 0.399 e. The second-order valence-electron chi connectivity index (χ2n) is 3.64. The minimum atomic E-state index is -0.130. The molecule has 0 amide bonds. The van der Waals surface area contributed by atoms with E-state index in [0.29, 0.717) is 25.5 Å². The zero-order chi connectivity index (χ0) is 12.6. The zero-order valence-corrected chi connectivity index (χ0v) is 11.3. The first-order valence-corrected chi connectivity index (χ1v) is 6.42. The Morgan fingerprint density at radius 3 is 2.53 bits per heavy atom. The van der Waals surface area contributed by atoms with Gasteiger partial charge in [-0.2, -0.15) is 0 Å². The first-order valence-electron chi connectivity index (χ1n) is 4.84. The Bertz CT molecular complexity index is 573. The standard InChI is InChI=1S/C12H9Cl2NOS/c1-6-4-10(17-12(6)14)11(16)8-3-2-7(15)5-9(8)13/h2-5H,15H2,1H3. The van der Waals surface area contributed by atoms with Gasteiger partial charge in [0.1, 0.15) is 0 Å². The van der Waals surface area contributed by atoms with Crippen LogP contribution in [0.4, 0.5) is 5.69 Å². The Balaban J connectivity index is 2.43. The third-order valence-electron chi connectivity index (χ3n) is 2.32. The van der Waals surface area contributed by atoms with Crippen LogP contribution < -0.4 is 5.73 Å². The molecule has 0 aliphatic heterocycles. The average Bonchev–Trinajstić information content (AvgIpc) is 2.58. The van der Waals surface area contributed by atoms with Crippen molar-refractivity contribution < 1.29 is 4.79 Å². The number of nitrogens with two attached hydrogens (primary N) is 1. The molecular formula is C12H9Cl2NOS. The average molecular weight is 286 g/mol. The predicted molar refractivity (Wildman–Crippen MR) is 73.4 cm³/mol. The number of thiophene rings is 1. The second kappa shape index (κ2) is 4.69. The summed E-state index contributed by atoms with van der Waals surface area (Å²) in [5, 5.41) is 0.358. The van der Waals surface area contributed by atoms with Crippen LogP contribution in [0, 0.1) is 6.92 Å². The minimum absolute atomic E-state index is 0.130. The molecule has 0 aliphatic carbocycles. The van der Waals surface area contributed by atoms with Crippen LogP contribution in [0.1, 0.15) is 20.8 Å². The molecule has 0 saturated heterocycles. The summed E-state index contributed by atoms with van der Waals surface area (Å²) in [6.07, 6.45) is 0. The Hall–Kier alpha value is -1.03. The first kappa shape index (κ1) is 12.4. The molecule has 17 heavy (non-hydrogen) atoms. The van der Waals surface area contributed by atoms with Gasteiger partial charge in [-0.1, -0.05) is 23.2 Å². The van der Waals surface area contributed by atoms with Crippen molar-refractivity contribution in [3.8, 4) is 0 Å². The van der Waals surface area contributed by atoms with Crippen molar-refractivity contribution >= 4 is 46.0 Å². The van der Waals surface area contributed by atoms with E-state index in [0.717, 1.165) is 5.56 Å². The Morgan fingerprint density at radius 2 is 2.00 bits per heavy atom. The van der Waals surface area contributed by atoms with E-state index in [2.05, 4.69) is 0 Å². The van der Waals surface area contributed by atoms with Gasteiger partial charge in [0.2, 0.25) is 5.78 Å². The number of carbonyl (C=O) groups excluding carboxylic acids is 1. The summed E-state index contributed by atoms with van der Waals surface area (Å²) >= 11 is 13.2. The Kier molecular flexibility index (Phi) is 3.43. The van der Waals surface area contributed by atoms with Crippen molar-refractivity contribution in [2.24, 2.45) is 0 Å². The third-order valence-corrected chi connectivity index (χ3v) is 4.19. The highest BCUT2D eigenvalue weighted by Crippen LogP contribution is 2.30. The van der Waals surface area contributed by atoms with Crippen molar-refractivity contribution in [1.29, 1.82) is 0 Å². The summed E-state index contributed by atoms with van der Waals surface area (Å²) in [6, 6.07) is 6.61. The number of benzene rings is 1. The van der Waals surface area contributed by atoms with E-state index in [1.54, 1.807) is 24.3 Å². The van der Waals surface area contributed by atoms with Gasteiger partial charge in [-0.15, -0.1) is 11.3 Å². The summed E-state index contributed by atoms with van der Waals surface area (Å²) in [4.78, 5) is 12.8. The molecular weight excluding hydrogens is 277 g/mol. The van der Waals surface area contributed by atoms with Gasteiger partial charge >= 0.3 is 0 Å². The quantitative estimate of drug-likeness (QED) is 0.665. The minimum Gasteiger partial charge on any atom is -0.399 e. The van der Waals surface area contributed by atoms with Crippen LogP contribution in [0.25, 0.3) is 0 Å². The van der Waals surface area contributed by atoms with Crippen molar-refractivity contribution in [2.75, 3.05) is 5.73 Å². The molecule has 2 aromatic rings. The molecule has 0 spiro atoms. The molecule has 1 aromatic heterocycles. The molecule has 0 atom stereocenters. The Morgan fingerprint density at radius 1 is 1.29 bits per heavy atom. The summed E-state index contributed by atoms with van der Waals surface area (Å²) in [6.45, 7) is 1.86. The highest BCUT2D eigenvalue weighted by Gasteiger charge is 2.16. The number of nitrogen functional groups attached to an aromatic ring is 1. The van der Waals surface area contributed by atoms with Crippen molar-refractivity contribution in [1.82, 2.24) is 0 Å². The van der Waals surface area contributed by atoms with Crippen molar-refractivity contribution in [3.63, 3.8) is 0 Å². The Labute approximate surface area is 113 Å². The number of rotatable bonds is 2. The molecule has 5 heteroatoms. The molecule has 2 nitrogen and oxygen atoms in total. The lowest BCUT2D eigenvalue weighted by atomic mass is 10.1. The lowest BCUT2D eigenvalue weighted by molar-refractivity contribution is 0.104. The van der Waals surface area contributed by atoms with Crippen molar-refractivity contribution in [3.05, 3.63) is 49.6 Å². The molecule has 2 N–H and O–H groups in total. The zero-order valence-electron chi connectivity index (χ0n) is 8.96. The van der Waals surface area contributed by atoms with Gasteiger partial charge in [0.25, 0.3) is 0 Å². The van der Waals surface area contributed by atoms with Gasteiger partial charge in [-0.25, -0.2) is 0 Å². The number of halogens is 2. The van der Waals surface area contributed by atoms with Crippen LogP contribution in [0.5, 0.6) is 0 Å². The van der Waals surface area contributed by atoms with E-state index in [9.17, 15) is 4.79 Å². The highest BCUT2D eigenvalue weighted by molar-refractivity contribution is 7.18. The predicted octanol–water partition coefficient (Wildman–Crippen LogP) is 4.18. The summed E-state index contributed by atoms with van der Waals surface area (Å²) in [5.74, 6) is -0.130. The molecule has 2 rings (SSSR count). The van der Waals surface area contributed by atoms with Crippen molar-refractivity contribution in [2.45, 2.75) is 6.92 Å². The number of anilines is 1. The molecule has 0 radical (unpaired) electrons. The monoisotopic (exact) mass is 285 g/mol. The summed E-state index contributed by atoms with van der Waals surface area (Å²) < 4.78 is 0.625. The second-order valence-corrected chi connectivity index (χ2v) is 5.70. The highest BCUT2D eigenvalue weighted by atomic mass is 35.5. The summed E-state index contributed by atoms with van der Waals surface area (Å²) in [5.41, 5.74) is 7.45. The van der Waals surface area contributed by atoms with Crippen LogP contribution in [-0.2, 0) is 0 Å². The lowest BCUT2D eigenvalue weighted by Gasteiger charge is -2.02. The van der Waals surface area contributed by atoms with Gasteiger partial charge in [0.15, 0.2) is 0 Å². The van der Waals surface area contributed by atoms with Gasteiger partial charge in [0, 0.05) is 11.3 Å². The maximum atomic E-state index is 12.2. The molecule has 0 unspecified atom stereocenters. The molecule has 0 saturated carbocycles. The molecule has 88 valence electrons. The maximum Gasteiger partial charge on any atom is 0.204 e. The fraction of sp³-hybridized carbons (Fsp3) is 0.0833. The lowest BCUT2D eigenvalue weighted by Crippen LogP contribution is -2.00. The summed E-state index contributed by atoms with van der Waals surface area (Å²) in [7, 11) is 0. The van der Waals surface area contributed by atoms with Gasteiger partial charge in [-0.3, -0.25) is 4.79 Å². The SMILES string of the molecule is Cc1cc(C(=O)c2ccc(N)cc2Cl)sc1Cl. The number of hydrogen-bond acceptors (Lipinski definition) is 3. The molecule has 0 aliphatic rings. The van der Waals surface area contributed by atoms with E-state index < -0.39 is 0 Å². The maximum absolute atomic E-state index is 12.2. The van der Waals surface area contributed by atoms with E-state index >= 15 is 0 Å². The van der Waals surface area contributed by atoms with Crippen LogP contribution >= 0.6 is 34.5 Å². The van der Waals surface area contributed by atoms with Gasteiger partial charge in [0.05, 0.1) is 14.2 Å². The number of carbonyl (C=O) groups is 1. The fourth-order valence-corrected chi connectivity index (χ4v) is 2.85. The van der Waals surface area contributed by atoms with Crippen LogP contribution in [-0.4, -0.2) is 5.78 Å². The number of ketones is 1. The molecule has 1 heterocycles. The molecule has 1 aromatic carbocycles. The first-order chi connectivity index (χ1) is 7.99. The third kappa shape index (κ3) is 2.46. The van der Waals surface area contributed by atoms with Gasteiger partial charge < -0.3 is 5.73 Å². The van der Waals surface area contributed by atoms with E-state index in [1.807, 2.05) is 6.92 Å². The van der Waals surface area contributed by atoms with Crippen LogP contribution in [0.2, 0.25) is 9.36 Å². The van der Waals surface area contributed by atoms with E-state index in [-0.39, 0.29) is 5.78 Å². The molecule has 0 bridgehead atoms. The normalized spacial score (nSPS) is 10.5. The smallest absolute Gasteiger partial charge is 0.204 e. The number of hydrogen-bond donors (Lipinski definition) is 1. The van der Waals surface area contributed by atoms with E-state index in [4.69, 9.17) is 28.9 Å². The van der Waals surface area contributed by atoms with E-state index in [1.165, 1.54) is 11.3 Å². The number of aryl methyl sites for hydroxylation is 1. The van der Waals surface area contributed by atoms with Crippen LogP contribution in [0.3, 0.4) is 0 Å². The van der Waals surface area contributed by atoms with Crippen LogP contribution in [0.15, 0.2) is 24.3 Å². The van der Waals surface area contributed by atoms with Gasteiger partial charge in [-0.05, 0) is 36.8 Å². The fourth-order valence-electron chi connectivity index (χ4n) is 1.42.